The molecule has 1 fully saturated rings. The number of likely N-dealkylation sites (tertiary alicyclic amines) is 1. The number of benzene rings is 2. The molecule has 0 N–H and O–H groups in total. The van der Waals surface area contributed by atoms with E-state index in [1.54, 1.807) is 69.6 Å². The molecule has 0 radical (unpaired) electrons. The van der Waals surface area contributed by atoms with E-state index in [1.165, 1.54) is 0 Å². The van der Waals surface area contributed by atoms with Gasteiger partial charge in [-0.1, -0.05) is 0 Å². The van der Waals surface area contributed by atoms with Crippen LogP contribution < -0.4 is 18.9 Å². The van der Waals surface area contributed by atoms with Gasteiger partial charge in [0.15, 0.2) is 11.5 Å². The number of carbonyl (C=O) groups is 2. The van der Waals surface area contributed by atoms with Crippen LogP contribution in [0, 0.1) is 5.92 Å². The standard InChI is InChI=1S/C25H32N2O6/c1-7-26(2)25(29)20-15-27(24(28)16-8-10-18(30-3)11-9-16)14-19(20)17-12-21(31-4)23(33-6)22(13-17)32-5/h8-13,19-20H,7,14-15H2,1-6H3. The third kappa shape index (κ3) is 4.84. The monoisotopic (exact) mass is 456 g/mol. The van der Waals surface area contributed by atoms with E-state index in [0.717, 1.165) is 5.56 Å². The van der Waals surface area contributed by atoms with Gasteiger partial charge in [-0.15, -0.1) is 0 Å². The van der Waals surface area contributed by atoms with Crippen molar-refractivity contribution in [1.82, 2.24) is 9.80 Å². The van der Waals surface area contributed by atoms with Crippen LogP contribution >= 0.6 is 0 Å². The van der Waals surface area contributed by atoms with Crippen LogP contribution in [0.25, 0.3) is 0 Å². The normalized spacial score (nSPS) is 17.5. The zero-order valence-electron chi connectivity index (χ0n) is 20.1. The molecular formula is C25H32N2O6. The quantitative estimate of drug-likeness (QED) is 0.608. The molecule has 0 aromatic heterocycles. The SMILES string of the molecule is CCN(C)C(=O)C1CN(C(=O)c2ccc(OC)cc2)CC1c1cc(OC)c(OC)c(OC)c1. The Hall–Kier alpha value is -3.42. The van der Waals surface area contributed by atoms with E-state index in [4.69, 9.17) is 18.9 Å². The van der Waals surface area contributed by atoms with Gasteiger partial charge in [-0.3, -0.25) is 9.59 Å². The van der Waals surface area contributed by atoms with Crippen molar-refractivity contribution in [1.29, 1.82) is 0 Å². The van der Waals surface area contributed by atoms with Gasteiger partial charge < -0.3 is 28.7 Å². The first-order chi connectivity index (χ1) is 15.9. The van der Waals surface area contributed by atoms with E-state index in [2.05, 4.69) is 0 Å². The van der Waals surface area contributed by atoms with Crippen LogP contribution in [-0.2, 0) is 4.79 Å². The molecule has 33 heavy (non-hydrogen) atoms. The lowest BCUT2D eigenvalue weighted by atomic mass is 9.87. The molecule has 2 aromatic rings. The molecule has 2 amide bonds. The molecule has 8 nitrogen and oxygen atoms in total. The Morgan fingerprint density at radius 1 is 0.939 bits per heavy atom. The molecular weight excluding hydrogens is 424 g/mol. The molecule has 2 aromatic carbocycles. The van der Waals surface area contributed by atoms with E-state index < -0.39 is 0 Å². The molecule has 2 unspecified atom stereocenters. The summed E-state index contributed by atoms with van der Waals surface area (Å²) in [7, 11) is 8.03. The second-order valence-corrected chi connectivity index (χ2v) is 7.96. The summed E-state index contributed by atoms with van der Waals surface area (Å²) < 4.78 is 21.7. The van der Waals surface area contributed by atoms with Crippen molar-refractivity contribution in [3.05, 3.63) is 47.5 Å². The van der Waals surface area contributed by atoms with Gasteiger partial charge in [0, 0.05) is 38.2 Å². The Bertz CT molecular complexity index is 966. The van der Waals surface area contributed by atoms with Gasteiger partial charge in [0.25, 0.3) is 5.91 Å². The Balaban J connectivity index is 1.99. The fraction of sp³-hybridized carbons (Fsp3) is 0.440. The highest BCUT2D eigenvalue weighted by molar-refractivity contribution is 5.95. The maximum absolute atomic E-state index is 13.3. The highest BCUT2D eigenvalue weighted by Crippen LogP contribution is 2.43. The smallest absolute Gasteiger partial charge is 0.253 e. The van der Waals surface area contributed by atoms with Crippen LogP contribution in [0.5, 0.6) is 23.0 Å². The summed E-state index contributed by atoms with van der Waals surface area (Å²) in [6.45, 7) is 3.25. The number of methoxy groups -OCH3 is 4. The van der Waals surface area contributed by atoms with Crippen LogP contribution in [0.3, 0.4) is 0 Å². The Morgan fingerprint density at radius 2 is 1.55 bits per heavy atom. The summed E-state index contributed by atoms with van der Waals surface area (Å²) in [5.41, 5.74) is 1.41. The van der Waals surface area contributed by atoms with E-state index in [9.17, 15) is 9.59 Å². The molecule has 3 rings (SSSR count). The summed E-state index contributed by atoms with van der Waals surface area (Å²) in [6.07, 6.45) is 0. The van der Waals surface area contributed by atoms with Crippen molar-refractivity contribution in [2.24, 2.45) is 5.92 Å². The van der Waals surface area contributed by atoms with Gasteiger partial charge in [-0.2, -0.15) is 0 Å². The fourth-order valence-electron chi connectivity index (χ4n) is 4.23. The number of nitrogens with zero attached hydrogens (tertiary/aromatic N) is 2. The molecule has 8 heteroatoms. The van der Waals surface area contributed by atoms with Gasteiger partial charge in [-0.05, 0) is 48.9 Å². The van der Waals surface area contributed by atoms with Crippen molar-refractivity contribution in [2.45, 2.75) is 12.8 Å². The largest absolute Gasteiger partial charge is 0.497 e. The molecule has 1 heterocycles. The van der Waals surface area contributed by atoms with E-state index in [1.807, 2.05) is 19.1 Å². The summed E-state index contributed by atoms with van der Waals surface area (Å²) in [4.78, 5) is 30.0. The molecule has 0 bridgehead atoms. The first-order valence-electron chi connectivity index (χ1n) is 10.9. The third-order valence-corrected chi connectivity index (χ3v) is 6.23. The van der Waals surface area contributed by atoms with Crippen LogP contribution in [-0.4, -0.2) is 76.7 Å². The van der Waals surface area contributed by atoms with Crippen molar-refractivity contribution >= 4 is 11.8 Å². The molecule has 1 aliphatic rings. The lowest BCUT2D eigenvalue weighted by Gasteiger charge is -2.24. The fourth-order valence-corrected chi connectivity index (χ4v) is 4.23. The average Bonchev–Trinajstić information content (AvgIpc) is 3.31. The minimum atomic E-state index is -0.389. The second-order valence-electron chi connectivity index (χ2n) is 7.96. The van der Waals surface area contributed by atoms with Crippen molar-refractivity contribution < 1.29 is 28.5 Å². The number of hydrogen-bond acceptors (Lipinski definition) is 6. The Morgan fingerprint density at radius 3 is 2.03 bits per heavy atom. The first-order valence-corrected chi connectivity index (χ1v) is 10.9. The topological polar surface area (TPSA) is 77.5 Å². The maximum Gasteiger partial charge on any atom is 0.253 e. The predicted molar refractivity (Wildman–Crippen MR) is 125 cm³/mol. The summed E-state index contributed by atoms with van der Waals surface area (Å²) in [5.74, 6) is 1.47. The van der Waals surface area contributed by atoms with Crippen LogP contribution in [0.15, 0.2) is 36.4 Å². The third-order valence-electron chi connectivity index (χ3n) is 6.23. The molecule has 1 saturated heterocycles. The summed E-state index contributed by atoms with van der Waals surface area (Å²) in [5, 5.41) is 0. The summed E-state index contributed by atoms with van der Waals surface area (Å²) in [6, 6.07) is 10.7. The number of rotatable bonds is 8. The lowest BCUT2D eigenvalue weighted by Crippen LogP contribution is -2.36. The van der Waals surface area contributed by atoms with Crippen molar-refractivity contribution in [2.75, 3.05) is 55.1 Å². The summed E-state index contributed by atoms with van der Waals surface area (Å²) >= 11 is 0. The second kappa shape index (κ2) is 10.5. The number of amides is 2. The first kappa shape index (κ1) is 24.2. The molecule has 0 aliphatic carbocycles. The Kier molecular flexibility index (Phi) is 7.68. The molecule has 2 atom stereocenters. The molecule has 178 valence electrons. The van der Waals surface area contributed by atoms with Gasteiger partial charge in [0.1, 0.15) is 5.75 Å². The highest BCUT2D eigenvalue weighted by atomic mass is 16.5. The highest BCUT2D eigenvalue weighted by Gasteiger charge is 2.42. The number of ether oxygens (including phenoxy) is 4. The molecule has 0 spiro atoms. The number of hydrogen-bond donors (Lipinski definition) is 0. The minimum Gasteiger partial charge on any atom is -0.497 e. The molecule has 0 saturated carbocycles. The van der Waals surface area contributed by atoms with Crippen molar-refractivity contribution in [3.8, 4) is 23.0 Å². The lowest BCUT2D eigenvalue weighted by molar-refractivity contribution is -0.133. The Labute approximate surface area is 195 Å². The van der Waals surface area contributed by atoms with E-state index in [0.29, 0.717) is 48.2 Å². The minimum absolute atomic E-state index is 0.00119. The maximum atomic E-state index is 13.3. The number of carbonyl (C=O) groups excluding carboxylic acids is 2. The zero-order valence-corrected chi connectivity index (χ0v) is 20.1. The van der Waals surface area contributed by atoms with Gasteiger partial charge in [0.05, 0.1) is 34.4 Å². The zero-order chi connectivity index (χ0) is 24.1. The average molecular weight is 457 g/mol. The van der Waals surface area contributed by atoms with Crippen LogP contribution in [0.1, 0.15) is 28.8 Å². The van der Waals surface area contributed by atoms with Gasteiger partial charge >= 0.3 is 0 Å². The van der Waals surface area contributed by atoms with Crippen LogP contribution in [0.2, 0.25) is 0 Å². The van der Waals surface area contributed by atoms with E-state index >= 15 is 0 Å². The van der Waals surface area contributed by atoms with E-state index in [-0.39, 0.29) is 23.7 Å². The van der Waals surface area contributed by atoms with Gasteiger partial charge in [0.2, 0.25) is 11.7 Å². The molecule has 1 aliphatic heterocycles. The van der Waals surface area contributed by atoms with Crippen molar-refractivity contribution in [3.63, 3.8) is 0 Å². The van der Waals surface area contributed by atoms with Gasteiger partial charge in [-0.25, -0.2) is 0 Å². The predicted octanol–water partition coefficient (Wildman–Crippen LogP) is 3.06. The van der Waals surface area contributed by atoms with Crippen LogP contribution in [0.4, 0.5) is 0 Å².